The number of benzene rings is 1. The molecule has 1 aromatic heterocycles. The minimum atomic E-state index is -0.380. The predicted octanol–water partition coefficient (Wildman–Crippen LogP) is 3.49. The molecule has 2 aromatic rings. The Morgan fingerprint density at radius 2 is 2.03 bits per heavy atom. The van der Waals surface area contributed by atoms with Crippen molar-refractivity contribution in [3.05, 3.63) is 23.3 Å². The molecule has 0 saturated carbocycles. The van der Waals surface area contributed by atoms with Crippen LogP contribution in [0.15, 0.2) is 12.1 Å². The highest BCUT2D eigenvalue weighted by molar-refractivity contribution is 5.90. The van der Waals surface area contributed by atoms with Crippen molar-refractivity contribution in [2.24, 2.45) is 5.41 Å². The Bertz CT molecular complexity index is 938. The molecule has 1 fully saturated rings. The van der Waals surface area contributed by atoms with E-state index in [9.17, 15) is 4.79 Å². The molecular formula is C23H31N3O4. The average molecular weight is 414 g/mol. The summed E-state index contributed by atoms with van der Waals surface area (Å²) in [5.74, 6) is 1.78. The second kappa shape index (κ2) is 8.30. The van der Waals surface area contributed by atoms with Gasteiger partial charge in [0.15, 0.2) is 11.5 Å². The zero-order valence-electron chi connectivity index (χ0n) is 18.1. The van der Waals surface area contributed by atoms with Gasteiger partial charge in [0.05, 0.1) is 19.2 Å². The van der Waals surface area contributed by atoms with Crippen LogP contribution in [0.25, 0.3) is 10.9 Å². The predicted molar refractivity (Wildman–Crippen MR) is 116 cm³/mol. The summed E-state index contributed by atoms with van der Waals surface area (Å²) in [5, 5.41) is 0.887. The molecule has 7 heteroatoms. The highest BCUT2D eigenvalue weighted by Gasteiger charge is 2.43. The topological polar surface area (TPSA) is 86.9 Å². The van der Waals surface area contributed by atoms with Crippen molar-refractivity contribution in [3.8, 4) is 11.5 Å². The smallest absolute Gasteiger partial charge is 0.293 e. The maximum Gasteiger partial charge on any atom is 0.293 e. The minimum absolute atomic E-state index is 0.259. The number of anilines is 1. The summed E-state index contributed by atoms with van der Waals surface area (Å²) in [6.07, 6.45) is 3.87. The van der Waals surface area contributed by atoms with Crippen LogP contribution < -0.4 is 15.2 Å². The quantitative estimate of drug-likeness (QED) is 0.524. The number of ether oxygens (including phenoxy) is 3. The molecule has 0 bridgehead atoms. The van der Waals surface area contributed by atoms with Gasteiger partial charge in [-0.25, -0.2) is 4.98 Å². The number of nitrogen functional groups attached to an aromatic ring is 1. The van der Waals surface area contributed by atoms with Gasteiger partial charge in [0.25, 0.3) is 6.47 Å². The molecule has 0 amide bonds. The molecule has 1 unspecified atom stereocenters. The van der Waals surface area contributed by atoms with Crippen molar-refractivity contribution in [3.63, 3.8) is 0 Å². The van der Waals surface area contributed by atoms with E-state index in [1.807, 2.05) is 12.1 Å². The van der Waals surface area contributed by atoms with Gasteiger partial charge in [-0.05, 0) is 44.8 Å². The molecule has 0 spiro atoms. The molecule has 2 heterocycles. The molecule has 1 atom stereocenters. The largest absolute Gasteiger partial charge is 0.493 e. The number of nitrogens with two attached hydrogens (primary N) is 1. The first-order chi connectivity index (χ1) is 14.4. The lowest BCUT2D eigenvalue weighted by Crippen LogP contribution is -2.22. The number of fused-ring (bicyclic) bond motifs is 3. The molecule has 1 aliphatic heterocycles. The number of pyridine rings is 1. The molecule has 2 aliphatic rings. The summed E-state index contributed by atoms with van der Waals surface area (Å²) >= 11 is 0. The number of rotatable bonds is 8. The molecule has 1 aromatic carbocycles. The summed E-state index contributed by atoms with van der Waals surface area (Å²) < 4.78 is 17.2. The Morgan fingerprint density at radius 3 is 2.73 bits per heavy atom. The van der Waals surface area contributed by atoms with Crippen LogP contribution in [0.2, 0.25) is 0 Å². The minimum Gasteiger partial charge on any atom is -0.493 e. The number of hydrogen-bond donors (Lipinski definition) is 1. The van der Waals surface area contributed by atoms with E-state index >= 15 is 0 Å². The van der Waals surface area contributed by atoms with Crippen molar-refractivity contribution in [2.75, 3.05) is 39.1 Å². The van der Waals surface area contributed by atoms with Crippen LogP contribution in [-0.4, -0.2) is 49.7 Å². The maximum atomic E-state index is 11.2. The summed E-state index contributed by atoms with van der Waals surface area (Å²) in [4.78, 5) is 18.3. The van der Waals surface area contributed by atoms with E-state index in [1.165, 1.54) is 25.9 Å². The van der Waals surface area contributed by atoms with Crippen LogP contribution in [0.3, 0.4) is 0 Å². The Balaban J connectivity index is 1.63. The van der Waals surface area contributed by atoms with E-state index < -0.39 is 0 Å². The number of nitrogens with zero attached hydrogens (tertiary/aromatic N) is 2. The molecule has 0 radical (unpaired) electrons. The lowest BCUT2D eigenvalue weighted by molar-refractivity contribution is -0.138. The van der Waals surface area contributed by atoms with Crippen molar-refractivity contribution < 1.29 is 19.0 Å². The van der Waals surface area contributed by atoms with E-state index in [0.717, 1.165) is 35.0 Å². The normalized spacial score (nSPS) is 20.3. The van der Waals surface area contributed by atoms with E-state index in [-0.39, 0.29) is 11.5 Å². The molecule has 162 valence electrons. The first-order valence-electron chi connectivity index (χ1n) is 10.7. The van der Waals surface area contributed by atoms with Gasteiger partial charge in [0.1, 0.15) is 11.9 Å². The number of carbonyl (C=O) groups is 1. The highest BCUT2D eigenvalue weighted by atomic mass is 16.5. The molecule has 30 heavy (non-hydrogen) atoms. The summed E-state index contributed by atoms with van der Waals surface area (Å²) in [7, 11) is 1.63. The Kier molecular flexibility index (Phi) is 5.73. The van der Waals surface area contributed by atoms with Crippen LogP contribution in [0.4, 0.5) is 5.82 Å². The second-order valence-corrected chi connectivity index (χ2v) is 8.94. The fourth-order valence-electron chi connectivity index (χ4n) is 4.84. The van der Waals surface area contributed by atoms with Crippen molar-refractivity contribution in [1.82, 2.24) is 9.88 Å². The number of methoxy groups -OCH3 is 1. The van der Waals surface area contributed by atoms with Crippen LogP contribution in [0, 0.1) is 5.41 Å². The Labute approximate surface area is 177 Å². The molecule has 1 aliphatic carbocycles. The monoisotopic (exact) mass is 413 g/mol. The van der Waals surface area contributed by atoms with Gasteiger partial charge in [-0.15, -0.1) is 0 Å². The van der Waals surface area contributed by atoms with Gasteiger partial charge in [-0.1, -0.05) is 13.8 Å². The Morgan fingerprint density at radius 1 is 1.27 bits per heavy atom. The van der Waals surface area contributed by atoms with Gasteiger partial charge in [-0.2, -0.15) is 0 Å². The van der Waals surface area contributed by atoms with E-state index in [4.69, 9.17) is 19.9 Å². The fourth-order valence-corrected chi connectivity index (χ4v) is 4.84. The lowest BCUT2D eigenvalue weighted by Gasteiger charge is -2.26. The fraction of sp³-hybridized carbons (Fsp3) is 0.565. The van der Waals surface area contributed by atoms with E-state index in [0.29, 0.717) is 36.8 Å². The van der Waals surface area contributed by atoms with E-state index in [1.54, 1.807) is 7.11 Å². The van der Waals surface area contributed by atoms with Crippen LogP contribution in [0.1, 0.15) is 50.3 Å². The molecule has 1 saturated heterocycles. The lowest BCUT2D eigenvalue weighted by atomic mass is 9.87. The SMILES string of the molecule is COc1cc2c3c(c(N)nc2cc1OCCCN1CCCC1)CC(C)(C)C3OC=O. The van der Waals surface area contributed by atoms with E-state index in [2.05, 4.69) is 23.7 Å². The van der Waals surface area contributed by atoms with Gasteiger partial charge in [-0.3, -0.25) is 4.79 Å². The second-order valence-electron chi connectivity index (χ2n) is 8.94. The molecular weight excluding hydrogens is 382 g/mol. The van der Waals surface area contributed by atoms with Gasteiger partial charge in [0, 0.05) is 34.5 Å². The van der Waals surface area contributed by atoms with Gasteiger partial charge in [0.2, 0.25) is 0 Å². The first-order valence-corrected chi connectivity index (χ1v) is 10.7. The highest BCUT2D eigenvalue weighted by Crippen LogP contribution is 2.52. The third-order valence-corrected chi connectivity index (χ3v) is 6.32. The first kappa shape index (κ1) is 20.7. The van der Waals surface area contributed by atoms with Crippen molar-refractivity contribution in [1.29, 1.82) is 0 Å². The van der Waals surface area contributed by atoms with Crippen molar-refractivity contribution in [2.45, 2.75) is 45.6 Å². The van der Waals surface area contributed by atoms with Crippen LogP contribution in [-0.2, 0) is 16.0 Å². The molecule has 2 N–H and O–H groups in total. The average Bonchev–Trinajstić information content (AvgIpc) is 3.32. The Hall–Kier alpha value is -2.54. The number of likely N-dealkylation sites (tertiary alicyclic amines) is 1. The van der Waals surface area contributed by atoms with Gasteiger partial charge < -0.3 is 24.8 Å². The maximum absolute atomic E-state index is 11.2. The third-order valence-electron chi connectivity index (χ3n) is 6.32. The number of hydrogen-bond acceptors (Lipinski definition) is 7. The summed E-state index contributed by atoms with van der Waals surface area (Å²) in [6, 6.07) is 3.81. The molecule has 7 nitrogen and oxygen atoms in total. The third kappa shape index (κ3) is 3.78. The number of aromatic nitrogens is 1. The van der Waals surface area contributed by atoms with Gasteiger partial charge >= 0.3 is 0 Å². The van der Waals surface area contributed by atoms with Crippen molar-refractivity contribution >= 4 is 23.2 Å². The molecule has 4 rings (SSSR count). The van der Waals surface area contributed by atoms with Crippen LogP contribution >= 0.6 is 0 Å². The zero-order chi connectivity index (χ0) is 21.3. The summed E-state index contributed by atoms with van der Waals surface area (Å²) in [6.45, 7) is 8.70. The number of carbonyl (C=O) groups excluding carboxylic acids is 1. The zero-order valence-corrected chi connectivity index (χ0v) is 18.1. The summed E-state index contributed by atoms with van der Waals surface area (Å²) in [5.41, 5.74) is 8.63. The standard InChI is InChI=1S/C23H31N3O4/c1-23(2)13-16-20(21(23)30-14-27)15-11-18(28-3)19(12-17(15)25-22(16)24)29-10-6-9-26-7-4-5-8-26/h11-12,14,21H,4-10,13H2,1-3H3,(H2,24,25). The van der Waals surface area contributed by atoms with Crippen LogP contribution in [0.5, 0.6) is 11.5 Å².